The zero-order valence-corrected chi connectivity index (χ0v) is 19.7. The molecular weight excluding hydrogens is 416 g/mol. The van der Waals surface area contributed by atoms with Crippen molar-refractivity contribution in [3.8, 4) is 0 Å². The van der Waals surface area contributed by atoms with Gasteiger partial charge in [-0.1, -0.05) is 19.4 Å². The molecule has 2 unspecified atom stereocenters. The van der Waals surface area contributed by atoms with Gasteiger partial charge in [-0.2, -0.15) is 0 Å². The number of ether oxygens (including phenoxy) is 3. The minimum atomic E-state index is -1.41. The molecule has 178 valence electrons. The SMILES string of the molecule is CC(=O)O[C@H]1C(=O)C2(C)C(C[C@]3(O)CCC(C)=C1C3(C)C)[C@]1(OC(C)=O)CO[C@@H]1C[C@@H]2O. The Balaban J connectivity index is 1.97. The number of hydrogen-bond acceptors (Lipinski definition) is 8. The highest BCUT2D eigenvalue weighted by Crippen LogP contribution is 2.63. The number of allylic oxidation sites excluding steroid dienone is 1. The van der Waals surface area contributed by atoms with Crippen LogP contribution in [0.2, 0.25) is 0 Å². The first-order valence-corrected chi connectivity index (χ1v) is 11.3. The van der Waals surface area contributed by atoms with Gasteiger partial charge in [0, 0.05) is 31.6 Å². The van der Waals surface area contributed by atoms with Crippen LogP contribution >= 0.6 is 0 Å². The summed E-state index contributed by atoms with van der Waals surface area (Å²) in [7, 11) is 0. The highest BCUT2D eigenvalue weighted by Gasteiger charge is 2.73. The smallest absolute Gasteiger partial charge is 0.303 e. The number of ketones is 1. The fourth-order valence-electron chi connectivity index (χ4n) is 6.86. The molecule has 4 rings (SSSR count). The topological polar surface area (TPSA) is 119 Å². The van der Waals surface area contributed by atoms with Crippen LogP contribution in [-0.2, 0) is 28.6 Å². The van der Waals surface area contributed by atoms with Crippen LogP contribution in [0, 0.1) is 16.7 Å². The van der Waals surface area contributed by atoms with Crippen LogP contribution in [0.15, 0.2) is 11.1 Å². The summed E-state index contributed by atoms with van der Waals surface area (Å²) in [5.41, 5.74) is -3.18. The standard InChI is InChI=1S/C24H34O8/c1-12-7-8-23(29)10-15-22(6,16(27)9-17-24(15,11-30-17)32-14(3)26)20(28)19(31-13(2)25)18(12)21(23,4)5/h15-17,19,27,29H,7-11H2,1-6H3/t15?,16-,17+,19+,22?,23+,24+/m0/s1. The summed E-state index contributed by atoms with van der Waals surface area (Å²) in [5.74, 6) is -2.25. The van der Waals surface area contributed by atoms with Gasteiger partial charge in [-0.15, -0.1) is 0 Å². The number of rotatable bonds is 2. The van der Waals surface area contributed by atoms with E-state index in [0.717, 1.165) is 5.57 Å². The predicted octanol–water partition coefficient (Wildman–Crippen LogP) is 1.85. The second-order valence-corrected chi connectivity index (χ2v) is 10.8. The van der Waals surface area contributed by atoms with Crippen LogP contribution in [0.5, 0.6) is 0 Å². The van der Waals surface area contributed by atoms with E-state index in [9.17, 15) is 24.6 Å². The summed E-state index contributed by atoms with van der Waals surface area (Å²) in [6.45, 7) is 9.92. The first kappa shape index (κ1) is 23.4. The van der Waals surface area contributed by atoms with Gasteiger partial charge < -0.3 is 24.4 Å². The third kappa shape index (κ3) is 2.88. The number of aliphatic hydroxyl groups excluding tert-OH is 1. The Kier molecular flexibility index (Phi) is 5.20. The van der Waals surface area contributed by atoms with Gasteiger partial charge in [0.05, 0.1) is 23.7 Å². The highest BCUT2D eigenvalue weighted by molar-refractivity contribution is 5.94. The van der Waals surface area contributed by atoms with Crippen LogP contribution in [-0.4, -0.2) is 64.1 Å². The molecule has 7 atom stereocenters. The van der Waals surface area contributed by atoms with E-state index in [-0.39, 0.29) is 19.4 Å². The lowest BCUT2D eigenvalue weighted by Gasteiger charge is -2.65. The van der Waals surface area contributed by atoms with Gasteiger partial charge in [-0.3, -0.25) is 14.4 Å². The number of aliphatic hydroxyl groups is 2. The number of carbonyl (C=O) groups excluding carboxylic acids is 3. The highest BCUT2D eigenvalue weighted by atomic mass is 16.6. The molecule has 32 heavy (non-hydrogen) atoms. The van der Waals surface area contributed by atoms with Crippen molar-refractivity contribution in [3.05, 3.63) is 11.1 Å². The second kappa shape index (κ2) is 7.11. The molecule has 1 aliphatic heterocycles. The minimum Gasteiger partial charge on any atom is -0.454 e. The Morgan fingerprint density at radius 1 is 1.16 bits per heavy atom. The largest absolute Gasteiger partial charge is 0.454 e. The average molecular weight is 451 g/mol. The van der Waals surface area contributed by atoms with Crippen molar-refractivity contribution in [2.45, 2.75) is 96.7 Å². The molecule has 0 spiro atoms. The molecule has 1 heterocycles. The number of hydrogen-bond donors (Lipinski definition) is 2. The maximum Gasteiger partial charge on any atom is 0.303 e. The van der Waals surface area contributed by atoms with Crippen molar-refractivity contribution in [3.63, 3.8) is 0 Å². The molecule has 0 aromatic rings. The van der Waals surface area contributed by atoms with Gasteiger partial charge in [-0.25, -0.2) is 0 Å². The first-order chi connectivity index (χ1) is 14.7. The Morgan fingerprint density at radius 3 is 2.34 bits per heavy atom. The molecular formula is C24H34O8. The zero-order chi connectivity index (χ0) is 23.9. The first-order valence-electron chi connectivity index (χ1n) is 11.3. The van der Waals surface area contributed by atoms with Crippen molar-refractivity contribution in [2.75, 3.05) is 6.61 Å². The van der Waals surface area contributed by atoms with Crippen LogP contribution < -0.4 is 0 Å². The lowest BCUT2D eigenvalue weighted by Crippen LogP contribution is -2.77. The third-order valence-corrected chi connectivity index (χ3v) is 8.90. The van der Waals surface area contributed by atoms with E-state index >= 15 is 0 Å². The van der Waals surface area contributed by atoms with Gasteiger partial charge in [0.15, 0.2) is 17.5 Å². The maximum atomic E-state index is 14.2. The molecule has 3 fully saturated rings. The van der Waals surface area contributed by atoms with Crippen molar-refractivity contribution in [1.29, 1.82) is 0 Å². The predicted molar refractivity (Wildman–Crippen MR) is 112 cm³/mol. The summed E-state index contributed by atoms with van der Waals surface area (Å²) < 4.78 is 17.1. The second-order valence-electron chi connectivity index (χ2n) is 10.8. The van der Waals surface area contributed by atoms with Crippen molar-refractivity contribution in [2.24, 2.45) is 16.7 Å². The molecule has 8 heteroatoms. The monoisotopic (exact) mass is 450 g/mol. The van der Waals surface area contributed by atoms with Crippen LogP contribution in [0.4, 0.5) is 0 Å². The molecule has 3 aliphatic carbocycles. The molecule has 1 saturated heterocycles. The van der Waals surface area contributed by atoms with Crippen LogP contribution in [0.25, 0.3) is 0 Å². The number of fused-ring (bicyclic) bond motifs is 5. The summed E-state index contributed by atoms with van der Waals surface area (Å²) in [5, 5.41) is 23.3. The van der Waals surface area contributed by atoms with Crippen LogP contribution in [0.3, 0.4) is 0 Å². The Morgan fingerprint density at radius 2 is 1.81 bits per heavy atom. The van der Waals surface area contributed by atoms with E-state index in [4.69, 9.17) is 14.2 Å². The quantitative estimate of drug-likeness (QED) is 0.483. The van der Waals surface area contributed by atoms with Crippen LogP contribution in [0.1, 0.15) is 67.2 Å². The van der Waals surface area contributed by atoms with Crippen molar-refractivity contribution >= 4 is 17.7 Å². The van der Waals surface area contributed by atoms with E-state index in [1.165, 1.54) is 13.8 Å². The Labute approximate surface area is 188 Å². The lowest BCUT2D eigenvalue weighted by atomic mass is 9.46. The zero-order valence-electron chi connectivity index (χ0n) is 19.7. The maximum absolute atomic E-state index is 14.2. The van der Waals surface area contributed by atoms with E-state index in [2.05, 4.69) is 0 Å². The normalized spacial score (nSPS) is 44.9. The molecule has 4 aliphatic rings. The van der Waals surface area contributed by atoms with E-state index < -0.39 is 64.0 Å². The fraction of sp³-hybridized carbons (Fsp3) is 0.792. The molecule has 2 N–H and O–H groups in total. The Bertz CT molecular complexity index is 906. The van der Waals surface area contributed by atoms with E-state index in [1.54, 1.807) is 6.92 Å². The molecule has 0 amide bonds. The summed E-state index contributed by atoms with van der Waals surface area (Å²) in [6.07, 6.45) is -1.66. The number of Topliss-reactive ketones (excluding diaryl/α,β-unsaturated/α-hetero) is 1. The molecule has 8 nitrogen and oxygen atoms in total. The van der Waals surface area contributed by atoms with Gasteiger partial charge >= 0.3 is 11.9 Å². The fourth-order valence-corrected chi connectivity index (χ4v) is 6.86. The molecule has 0 aromatic heterocycles. The van der Waals surface area contributed by atoms with E-state index in [1.807, 2.05) is 20.8 Å². The molecule has 2 bridgehead atoms. The Hall–Kier alpha value is -1.77. The van der Waals surface area contributed by atoms with E-state index in [0.29, 0.717) is 18.4 Å². The minimum absolute atomic E-state index is 0.0912. The summed E-state index contributed by atoms with van der Waals surface area (Å²) in [4.78, 5) is 38.4. The van der Waals surface area contributed by atoms with Gasteiger partial charge in [0.2, 0.25) is 0 Å². The van der Waals surface area contributed by atoms with Crippen molar-refractivity contribution in [1.82, 2.24) is 0 Å². The third-order valence-electron chi connectivity index (χ3n) is 8.90. The van der Waals surface area contributed by atoms with Gasteiger partial charge in [-0.05, 0) is 38.7 Å². The van der Waals surface area contributed by atoms with Gasteiger partial charge in [0.25, 0.3) is 0 Å². The molecule has 0 aromatic carbocycles. The lowest BCUT2D eigenvalue weighted by molar-refractivity contribution is -0.327. The molecule has 0 radical (unpaired) electrons. The van der Waals surface area contributed by atoms with Crippen molar-refractivity contribution < 1.29 is 38.8 Å². The summed E-state index contributed by atoms with van der Waals surface area (Å²) in [6, 6.07) is 0. The number of carbonyl (C=O) groups is 3. The van der Waals surface area contributed by atoms with Gasteiger partial charge in [0.1, 0.15) is 6.10 Å². The number of esters is 2. The summed E-state index contributed by atoms with van der Waals surface area (Å²) >= 11 is 0. The average Bonchev–Trinajstić information content (AvgIpc) is 2.67. The molecule has 2 saturated carbocycles.